The number of alkyl carbamates (subject to hydrolysis) is 1. The minimum absolute atomic E-state index is 0.00343. The highest BCUT2D eigenvalue weighted by molar-refractivity contribution is 7.93. The van der Waals surface area contributed by atoms with E-state index >= 15 is 9.18 Å². The van der Waals surface area contributed by atoms with Crippen LogP contribution in [-0.2, 0) is 39.0 Å². The molecule has 2 aromatic heterocycles. The summed E-state index contributed by atoms with van der Waals surface area (Å²) in [5, 5.41) is 6.08. The van der Waals surface area contributed by atoms with Crippen molar-refractivity contribution in [1.82, 2.24) is 24.6 Å². The molecule has 1 N–H and O–H groups in total. The van der Waals surface area contributed by atoms with Gasteiger partial charge in [-0.3, -0.25) is 14.0 Å². The van der Waals surface area contributed by atoms with Crippen LogP contribution in [0.4, 0.5) is 32.6 Å². The molecule has 356 valence electrons. The Hall–Kier alpha value is -6.18. The van der Waals surface area contributed by atoms with Crippen LogP contribution in [-0.4, -0.2) is 64.8 Å². The van der Waals surface area contributed by atoms with Crippen molar-refractivity contribution in [3.63, 3.8) is 0 Å². The van der Waals surface area contributed by atoms with E-state index in [0.29, 0.717) is 35.8 Å². The number of methoxy groups -OCH3 is 1. The van der Waals surface area contributed by atoms with Crippen molar-refractivity contribution >= 4 is 68.0 Å². The van der Waals surface area contributed by atoms with Crippen LogP contribution in [0.15, 0.2) is 102 Å². The van der Waals surface area contributed by atoms with Crippen molar-refractivity contribution in [2.45, 2.75) is 75.1 Å². The van der Waals surface area contributed by atoms with E-state index in [-0.39, 0.29) is 61.8 Å². The van der Waals surface area contributed by atoms with Crippen LogP contribution in [0.1, 0.15) is 50.6 Å². The Kier molecular flexibility index (Phi) is 13.3. The highest BCUT2D eigenvalue weighted by atomic mass is 35.5. The molecular formula is C48H44ClF5N6O6S2. The molecule has 1 unspecified atom stereocenters. The van der Waals surface area contributed by atoms with E-state index in [0.717, 1.165) is 25.7 Å². The Morgan fingerprint density at radius 1 is 0.956 bits per heavy atom. The summed E-state index contributed by atoms with van der Waals surface area (Å²) in [6.45, 7) is 2.96. The maximum atomic E-state index is 15.4. The van der Waals surface area contributed by atoms with Gasteiger partial charge in [0.05, 0.1) is 56.2 Å². The lowest BCUT2D eigenvalue weighted by atomic mass is 9.95. The summed E-state index contributed by atoms with van der Waals surface area (Å²) in [7, 11) is -2.74. The molecule has 1 amide bonds. The molecule has 1 atom stereocenters. The number of aromatic nitrogens is 4. The fourth-order valence-corrected chi connectivity index (χ4v) is 10.4. The first-order valence-electron chi connectivity index (χ1n) is 21.2. The number of carbonyl (C=O) groups is 1. The third-order valence-electron chi connectivity index (χ3n) is 11.1. The molecule has 2 heterocycles. The molecule has 1 fully saturated rings. The number of rotatable bonds is 15. The molecule has 7 aromatic rings. The predicted molar refractivity (Wildman–Crippen MR) is 253 cm³/mol. The molecule has 1 aliphatic rings. The van der Waals surface area contributed by atoms with Crippen LogP contribution in [0.3, 0.4) is 0 Å². The normalized spacial score (nSPS) is 14.1. The zero-order valence-corrected chi connectivity index (χ0v) is 39.4. The number of fused-ring (bicyclic) bond motifs is 2. The summed E-state index contributed by atoms with van der Waals surface area (Å²) in [6.07, 6.45) is -3.75. The highest BCUT2D eigenvalue weighted by Gasteiger charge is 2.43. The third kappa shape index (κ3) is 10.0. The SMILES string of the molecule is COc1ccc(CN(c2nn(CC(F)F)c3c(-n4c(C(S)(CNC(=O)OC(C)(C)C)Cc5cc(F)cc(F)c5)nc5cc(-c6ccccc6F)ccc5c4=O)ccc(Cl)c23)S(=O)(=O)C2CC2)cc1. The van der Waals surface area contributed by atoms with Gasteiger partial charge >= 0.3 is 6.09 Å². The molecule has 0 spiro atoms. The molecule has 0 saturated heterocycles. The van der Waals surface area contributed by atoms with Crippen molar-refractivity contribution in [1.29, 1.82) is 0 Å². The van der Waals surface area contributed by atoms with E-state index < -0.39 is 80.7 Å². The van der Waals surface area contributed by atoms with Crippen LogP contribution < -0.4 is 19.9 Å². The number of alkyl halides is 2. The topological polar surface area (TPSA) is 138 Å². The van der Waals surface area contributed by atoms with E-state index in [4.69, 9.17) is 38.7 Å². The highest BCUT2D eigenvalue weighted by Crippen LogP contribution is 2.43. The Bertz CT molecular complexity index is 3230. The number of anilines is 1. The average Bonchev–Trinajstić information content (AvgIpc) is 4.07. The van der Waals surface area contributed by atoms with Crippen molar-refractivity contribution in [2.75, 3.05) is 18.0 Å². The minimum Gasteiger partial charge on any atom is -0.497 e. The Morgan fingerprint density at radius 2 is 1.65 bits per heavy atom. The minimum atomic E-state index is -4.22. The molecule has 0 radical (unpaired) electrons. The zero-order chi connectivity index (χ0) is 48.9. The van der Waals surface area contributed by atoms with Gasteiger partial charge in [0.2, 0.25) is 10.0 Å². The quantitative estimate of drug-likeness (QED) is 0.0765. The lowest BCUT2D eigenvalue weighted by Crippen LogP contribution is -2.44. The molecule has 0 aliphatic heterocycles. The van der Waals surface area contributed by atoms with Gasteiger partial charge in [-0.15, -0.1) is 0 Å². The number of sulfonamides is 1. The van der Waals surface area contributed by atoms with Crippen LogP contribution in [0.2, 0.25) is 5.02 Å². The summed E-state index contributed by atoms with van der Waals surface area (Å²) < 4.78 is 115. The fourth-order valence-electron chi connectivity index (χ4n) is 7.98. The first-order chi connectivity index (χ1) is 32.1. The van der Waals surface area contributed by atoms with E-state index in [2.05, 4.69) is 10.4 Å². The van der Waals surface area contributed by atoms with Crippen molar-refractivity contribution in [3.05, 3.63) is 147 Å². The number of amides is 1. The van der Waals surface area contributed by atoms with Gasteiger partial charge in [0, 0.05) is 18.2 Å². The number of ether oxygens (including phenoxy) is 2. The standard InChI is InChI=1S/C48H44ClF5N6O6S2/c1-47(2,3)66-46(62)55-26-48(67,23-28-19-30(50)22-31(51)20-28)45-56-38-21-29(34-7-5-6-8-37(34)52)11-16-35(38)44(61)60(45)39-18-17-36(49)41-42(39)58(25-40(53)54)57-43(41)59(68(63,64)33-14-15-33)24-27-9-12-32(65-4)13-10-27/h5-13,16-22,33,40,67H,14-15,23-26H2,1-4H3,(H,55,62). The Balaban J connectivity index is 1.44. The van der Waals surface area contributed by atoms with E-state index in [9.17, 15) is 30.8 Å². The second kappa shape index (κ2) is 18.7. The Labute approximate surface area is 398 Å². The first kappa shape index (κ1) is 48.3. The van der Waals surface area contributed by atoms with Crippen molar-refractivity contribution in [3.8, 4) is 22.6 Å². The maximum absolute atomic E-state index is 15.4. The zero-order valence-electron chi connectivity index (χ0n) is 36.9. The van der Waals surface area contributed by atoms with Crippen LogP contribution in [0, 0.1) is 17.5 Å². The van der Waals surface area contributed by atoms with Crippen LogP contribution in [0.25, 0.3) is 38.6 Å². The maximum Gasteiger partial charge on any atom is 0.407 e. The molecule has 20 heteroatoms. The van der Waals surface area contributed by atoms with Gasteiger partial charge in [-0.25, -0.2) is 44.5 Å². The summed E-state index contributed by atoms with van der Waals surface area (Å²) in [5.41, 5.74) is -1.21. The number of halogens is 6. The van der Waals surface area contributed by atoms with Crippen LogP contribution in [0.5, 0.6) is 5.75 Å². The van der Waals surface area contributed by atoms with Gasteiger partial charge in [-0.1, -0.05) is 48.0 Å². The molecule has 5 aromatic carbocycles. The van der Waals surface area contributed by atoms with Crippen molar-refractivity contribution in [2.24, 2.45) is 0 Å². The molecule has 8 rings (SSSR count). The molecule has 12 nitrogen and oxygen atoms in total. The fraction of sp³-hybridized carbons (Fsp3) is 0.292. The molecule has 68 heavy (non-hydrogen) atoms. The summed E-state index contributed by atoms with van der Waals surface area (Å²) >= 11 is 12.1. The van der Waals surface area contributed by atoms with Gasteiger partial charge in [0.15, 0.2) is 5.82 Å². The number of nitrogens with zero attached hydrogens (tertiary/aromatic N) is 5. The van der Waals surface area contributed by atoms with E-state index in [1.807, 2.05) is 0 Å². The summed E-state index contributed by atoms with van der Waals surface area (Å²) in [6, 6.07) is 22.2. The average molecular weight is 995 g/mol. The molecule has 1 saturated carbocycles. The molecule has 1 aliphatic carbocycles. The smallest absolute Gasteiger partial charge is 0.407 e. The van der Waals surface area contributed by atoms with E-state index in [1.54, 1.807) is 51.1 Å². The summed E-state index contributed by atoms with van der Waals surface area (Å²) in [4.78, 5) is 33.7. The lowest BCUT2D eigenvalue weighted by Gasteiger charge is -2.32. The monoisotopic (exact) mass is 994 g/mol. The number of nitrogens with one attached hydrogen (secondary N) is 1. The van der Waals surface area contributed by atoms with Gasteiger partial charge in [-0.05, 0) is 111 Å². The van der Waals surface area contributed by atoms with Crippen LogP contribution >= 0.6 is 24.2 Å². The number of carbonyl (C=O) groups excluding carboxylic acids is 1. The predicted octanol–water partition coefficient (Wildman–Crippen LogP) is 10.1. The number of thiol groups is 1. The van der Waals surface area contributed by atoms with Gasteiger partial charge in [0.25, 0.3) is 12.0 Å². The molecule has 0 bridgehead atoms. The largest absolute Gasteiger partial charge is 0.497 e. The van der Waals surface area contributed by atoms with Gasteiger partial charge in [-0.2, -0.15) is 17.7 Å². The summed E-state index contributed by atoms with van der Waals surface area (Å²) in [5.74, 6) is -2.56. The second-order valence-corrected chi connectivity index (χ2v) is 20.8. The number of hydrogen-bond donors (Lipinski definition) is 2. The Morgan fingerprint density at radius 3 is 2.28 bits per heavy atom. The third-order valence-corrected chi connectivity index (χ3v) is 14.2. The molecular weight excluding hydrogens is 951 g/mol. The van der Waals surface area contributed by atoms with Gasteiger partial charge < -0.3 is 14.8 Å². The second-order valence-electron chi connectivity index (χ2n) is 17.4. The lowest BCUT2D eigenvalue weighted by molar-refractivity contribution is 0.0521. The van der Waals surface area contributed by atoms with E-state index in [1.165, 1.54) is 55.6 Å². The first-order valence-corrected chi connectivity index (χ1v) is 23.6. The van der Waals surface area contributed by atoms with Gasteiger partial charge in [0.1, 0.15) is 41.2 Å². The number of hydrogen-bond acceptors (Lipinski definition) is 9. The number of benzene rings is 5. The van der Waals surface area contributed by atoms with Crippen molar-refractivity contribution < 1.29 is 44.6 Å².